The monoisotopic (exact) mass is 375 g/mol. The number of ether oxygens (including phenoxy) is 1. The maximum Gasteiger partial charge on any atom is 0.319 e. The topological polar surface area (TPSA) is 82.8 Å². The van der Waals surface area contributed by atoms with Crippen LogP contribution in [0, 0.1) is 5.82 Å². The molecule has 0 bridgehead atoms. The fraction of sp³-hybridized carbons (Fsp3) is 0.353. The predicted octanol–water partition coefficient (Wildman–Crippen LogP) is 2.84. The highest BCUT2D eigenvalue weighted by atomic mass is 32.2. The summed E-state index contributed by atoms with van der Waals surface area (Å²) in [6.45, 7) is 4.44. The van der Waals surface area contributed by atoms with E-state index in [4.69, 9.17) is 4.74 Å². The van der Waals surface area contributed by atoms with E-state index in [2.05, 4.69) is 20.3 Å². The van der Waals surface area contributed by atoms with Crippen molar-refractivity contribution in [3.8, 4) is 0 Å². The van der Waals surface area contributed by atoms with Crippen LogP contribution in [0.5, 0.6) is 0 Å². The van der Waals surface area contributed by atoms with Gasteiger partial charge in [0.25, 0.3) is 0 Å². The van der Waals surface area contributed by atoms with Gasteiger partial charge in [-0.2, -0.15) is 0 Å². The lowest BCUT2D eigenvalue weighted by atomic mass is 10.2. The zero-order chi connectivity index (χ0) is 18.5. The van der Waals surface area contributed by atoms with Crippen LogP contribution in [-0.2, 0) is 16.1 Å². The van der Waals surface area contributed by atoms with Crippen LogP contribution < -0.4 is 0 Å². The molecule has 0 radical (unpaired) electrons. The van der Waals surface area contributed by atoms with Crippen molar-refractivity contribution in [3.63, 3.8) is 0 Å². The van der Waals surface area contributed by atoms with E-state index in [1.807, 2.05) is 6.92 Å². The molecule has 3 aromatic rings. The zero-order valence-corrected chi connectivity index (χ0v) is 15.2. The number of hydrogen-bond acceptors (Lipinski definition) is 7. The van der Waals surface area contributed by atoms with Gasteiger partial charge in [-0.15, -0.1) is 5.10 Å². The van der Waals surface area contributed by atoms with Crippen LogP contribution in [-0.4, -0.2) is 42.8 Å². The van der Waals surface area contributed by atoms with Crippen molar-refractivity contribution in [2.24, 2.45) is 0 Å². The van der Waals surface area contributed by atoms with Crippen LogP contribution in [0.2, 0.25) is 0 Å². The molecule has 3 rings (SSSR count). The van der Waals surface area contributed by atoms with Crippen LogP contribution in [0.15, 0.2) is 35.6 Å². The molecule has 26 heavy (non-hydrogen) atoms. The highest BCUT2D eigenvalue weighted by Crippen LogP contribution is 2.29. The summed E-state index contributed by atoms with van der Waals surface area (Å²) < 4.78 is 19.8. The summed E-state index contributed by atoms with van der Waals surface area (Å²) >= 11 is 1.30. The first-order valence-electron chi connectivity index (χ1n) is 8.24. The Balaban J connectivity index is 1.86. The fourth-order valence-electron chi connectivity index (χ4n) is 2.39. The number of aromatic nitrogens is 5. The molecule has 2 heterocycles. The van der Waals surface area contributed by atoms with Crippen molar-refractivity contribution in [1.82, 2.24) is 25.0 Å². The Morgan fingerprint density at radius 2 is 2.04 bits per heavy atom. The standard InChI is InChI=1S/C17H18FN5O2S/c1-3-13(17(24)25-4-2)26-16-14-15(19-10-20-16)23(22-21-14)9-11-5-7-12(18)8-6-11/h5-8,10,13H,3-4,9H2,1-2H3. The largest absolute Gasteiger partial charge is 0.465 e. The lowest BCUT2D eigenvalue weighted by molar-refractivity contribution is -0.142. The summed E-state index contributed by atoms with van der Waals surface area (Å²) in [4.78, 5) is 20.5. The minimum atomic E-state index is -0.365. The Bertz CT molecular complexity index is 900. The number of thioether (sulfide) groups is 1. The molecule has 7 nitrogen and oxygen atoms in total. The third kappa shape index (κ3) is 3.98. The molecule has 0 aliphatic rings. The van der Waals surface area contributed by atoms with Crippen molar-refractivity contribution >= 4 is 28.9 Å². The highest BCUT2D eigenvalue weighted by molar-refractivity contribution is 8.00. The van der Waals surface area contributed by atoms with Crippen molar-refractivity contribution in [2.75, 3.05) is 6.61 Å². The van der Waals surface area contributed by atoms with Gasteiger partial charge in [0, 0.05) is 0 Å². The van der Waals surface area contributed by atoms with Gasteiger partial charge < -0.3 is 4.74 Å². The second-order valence-corrected chi connectivity index (χ2v) is 6.68. The van der Waals surface area contributed by atoms with Crippen LogP contribution in [0.1, 0.15) is 25.8 Å². The summed E-state index contributed by atoms with van der Waals surface area (Å²) in [5, 5.41) is 8.51. The summed E-state index contributed by atoms with van der Waals surface area (Å²) in [5.41, 5.74) is 1.97. The fourth-order valence-corrected chi connectivity index (χ4v) is 3.35. The summed E-state index contributed by atoms with van der Waals surface area (Å²) in [6, 6.07) is 6.17. The maximum atomic E-state index is 13.1. The predicted molar refractivity (Wildman–Crippen MR) is 95.2 cm³/mol. The number of carbonyl (C=O) groups excluding carboxylic acids is 1. The van der Waals surface area contributed by atoms with Gasteiger partial charge in [-0.05, 0) is 31.0 Å². The molecule has 0 spiro atoms. The summed E-state index contributed by atoms with van der Waals surface area (Å²) in [7, 11) is 0. The molecular weight excluding hydrogens is 357 g/mol. The molecule has 0 amide bonds. The number of halogens is 1. The average molecular weight is 375 g/mol. The molecule has 2 aromatic heterocycles. The number of rotatable bonds is 7. The summed E-state index contributed by atoms with van der Waals surface area (Å²) in [6.07, 6.45) is 2.03. The Labute approximate surface area is 154 Å². The van der Waals surface area contributed by atoms with Gasteiger partial charge in [-0.3, -0.25) is 4.79 Å². The molecule has 0 N–H and O–H groups in total. The lowest BCUT2D eigenvalue weighted by Gasteiger charge is -2.12. The van der Waals surface area contributed by atoms with Crippen molar-refractivity contribution in [3.05, 3.63) is 42.0 Å². The number of carbonyl (C=O) groups is 1. The van der Waals surface area contributed by atoms with Gasteiger partial charge in [0.2, 0.25) is 0 Å². The van der Waals surface area contributed by atoms with Crippen LogP contribution in [0.4, 0.5) is 4.39 Å². The van der Waals surface area contributed by atoms with Gasteiger partial charge in [-0.1, -0.05) is 36.0 Å². The van der Waals surface area contributed by atoms with Gasteiger partial charge in [-0.25, -0.2) is 19.0 Å². The number of benzene rings is 1. The van der Waals surface area contributed by atoms with E-state index in [9.17, 15) is 9.18 Å². The second-order valence-electron chi connectivity index (χ2n) is 5.49. The lowest BCUT2D eigenvalue weighted by Crippen LogP contribution is -2.19. The Kier molecular flexibility index (Phi) is 5.77. The highest BCUT2D eigenvalue weighted by Gasteiger charge is 2.22. The quantitative estimate of drug-likeness (QED) is 0.357. The summed E-state index contributed by atoms with van der Waals surface area (Å²) in [5.74, 6) is -0.562. The van der Waals surface area contributed by atoms with E-state index >= 15 is 0 Å². The first-order chi connectivity index (χ1) is 12.6. The SMILES string of the molecule is CCOC(=O)C(CC)Sc1ncnc2c1nnn2Cc1ccc(F)cc1. The van der Waals surface area contributed by atoms with Crippen LogP contribution >= 0.6 is 11.8 Å². The molecule has 0 saturated heterocycles. The Morgan fingerprint density at radius 3 is 2.73 bits per heavy atom. The van der Waals surface area contributed by atoms with Crippen molar-refractivity contribution in [2.45, 2.75) is 37.1 Å². The van der Waals surface area contributed by atoms with E-state index in [1.54, 1.807) is 23.7 Å². The number of fused-ring (bicyclic) bond motifs is 1. The van der Waals surface area contributed by atoms with Gasteiger partial charge in [0.05, 0.1) is 13.2 Å². The van der Waals surface area contributed by atoms with E-state index in [1.165, 1.54) is 30.2 Å². The molecule has 1 unspecified atom stereocenters. The smallest absolute Gasteiger partial charge is 0.319 e. The Hall–Kier alpha value is -2.55. The number of esters is 1. The van der Waals surface area contributed by atoms with E-state index in [-0.39, 0.29) is 17.0 Å². The first-order valence-corrected chi connectivity index (χ1v) is 9.12. The van der Waals surface area contributed by atoms with E-state index in [0.717, 1.165) is 5.56 Å². The molecule has 1 aromatic carbocycles. The third-order valence-electron chi connectivity index (χ3n) is 3.69. The van der Waals surface area contributed by atoms with Gasteiger partial charge in [0.1, 0.15) is 22.4 Å². The molecule has 0 aliphatic heterocycles. The Morgan fingerprint density at radius 1 is 1.27 bits per heavy atom. The second kappa shape index (κ2) is 8.22. The molecule has 0 aliphatic carbocycles. The molecular formula is C17H18FN5O2S. The molecule has 1 atom stereocenters. The van der Waals surface area contributed by atoms with Crippen LogP contribution in [0.3, 0.4) is 0 Å². The number of nitrogens with zero attached hydrogens (tertiary/aromatic N) is 5. The maximum absolute atomic E-state index is 13.1. The number of hydrogen-bond donors (Lipinski definition) is 0. The van der Waals surface area contributed by atoms with Crippen molar-refractivity contribution in [1.29, 1.82) is 0 Å². The van der Waals surface area contributed by atoms with Gasteiger partial charge >= 0.3 is 5.97 Å². The molecule has 9 heteroatoms. The van der Waals surface area contributed by atoms with E-state index in [0.29, 0.717) is 35.8 Å². The minimum absolute atomic E-state index is 0.273. The normalized spacial score (nSPS) is 12.3. The molecule has 136 valence electrons. The third-order valence-corrected chi connectivity index (χ3v) is 5.02. The van der Waals surface area contributed by atoms with E-state index < -0.39 is 0 Å². The average Bonchev–Trinajstić information content (AvgIpc) is 3.05. The van der Waals surface area contributed by atoms with Crippen molar-refractivity contribution < 1.29 is 13.9 Å². The molecule has 0 fully saturated rings. The zero-order valence-electron chi connectivity index (χ0n) is 14.4. The molecule has 0 saturated carbocycles. The van der Waals surface area contributed by atoms with Gasteiger partial charge in [0.15, 0.2) is 11.2 Å². The first kappa shape index (κ1) is 18.2. The van der Waals surface area contributed by atoms with Crippen LogP contribution in [0.25, 0.3) is 11.2 Å². The minimum Gasteiger partial charge on any atom is -0.465 e.